The van der Waals surface area contributed by atoms with Crippen LogP contribution in [0, 0.1) is 6.92 Å². The van der Waals surface area contributed by atoms with E-state index in [1.807, 2.05) is 6.92 Å². The number of carboxylic acids is 1. The maximum absolute atomic E-state index is 10.9. The van der Waals surface area contributed by atoms with Gasteiger partial charge in [-0.15, -0.1) is 0 Å². The zero-order chi connectivity index (χ0) is 13.5. The number of aldehydes is 1. The summed E-state index contributed by atoms with van der Waals surface area (Å²) in [7, 11) is 0. The van der Waals surface area contributed by atoms with Gasteiger partial charge in [-0.05, 0) is 25.5 Å². The van der Waals surface area contributed by atoms with E-state index in [0.29, 0.717) is 29.8 Å². The Morgan fingerprint density at radius 1 is 1.39 bits per heavy atom. The van der Waals surface area contributed by atoms with Crippen LogP contribution >= 0.6 is 0 Å². The number of carbonyl (C=O) groups excluding carboxylic acids is 1. The SMILES string of the molecule is CCCOc1ccc(C=O)c(OCC(=O)O)c1C. The molecule has 1 aromatic rings. The van der Waals surface area contributed by atoms with Crippen molar-refractivity contribution in [3.8, 4) is 11.5 Å². The molecule has 0 saturated carbocycles. The summed E-state index contributed by atoms with van der Waals surface area (Å²) in [5.74, 6) is -0.227. The molecule has 0 spiro atoms. The second-order valence-electron chi connectivity index (χ2n) is 3.76. The summed E-state index contributed by atoms with van der Waals surface area (Å²) in [5, 5.41) is 8.60. The highest BCUT2D eigenvalue weighted by Crippen LogP contribution is 2.30. The summed E-state index contributed by atoms with van der Waals surface area (Å²) in [6, 6.07) is 3.24. The lowest BCUT2D eigenvalue weighted by Crippen LogP contribution is -2.12. The van der Waals surface area contributed by atoms with Crippen molar-refractivity contribution in [1.82, 2.24) is 0 Å². The van der Waals surface area contributed by atoms with E-state index in [-0.39, 0.29) is 5.75 Å². The third-order valence-electron chi connectivity index (χ3n) is 2.32. The minimum Gasteiger partial charge on any atom is -0.493 e. The molecule has 0 saturated heterocycles. The molecule has 1 N–H and O–H groups in total. The Hall–Kier alpha value is -2.04. The van der Waals surface area contributed by atoms with Gasteiger partial charge in [0, 0.05) is 5.56 Å². The summed E-state index contributed by atoms with van der Waals surface area (Å²) in [6.45, 7) is 3.78. The number of ether oxygens (including phenoxy) is 2. The molecule has 0 aliphatic carbocycles. The summed E-state index contributed by atoms with van der Waals surface area (Å²) >= 11 is 0. The minimum atomic E-state index is -1.09. The molecule has 0 amide bonds. The molecule has 0 unspecified atom stereocenters. The standard InChI is InChI=1S/C13H16O5/c1-3-6-17-11-5-4-10(7-14)13(9(11)2)18-8-12(15)16/h4-5,7H,3,6,8H2,1-2H3,(H,15,16). The Kier molecular flexibility index (Phi) is 5.17. The maximum atomic E-state index is 10.9. The Morgan fingerprint density at radius 3 is 2.67 bits per heavy atom. The fourth-order valence-corrected chi connectivity index (χ4v) is 1.48. The van der Waals surface area contributed by atoms with Gasteiger partial charge < -0.3 is 14.6 Å². The lowest BCUT2D eigenvalue weighted by Gasteiger charge is -2.14. The van der Waals surface area contributed by atoms with Crippen LogP contribution in [-0.2, 0) is 4.79 Å². The van der Waals surface area contributed by atoms with Gasteiger partial charge in [0.25, 0.3) is 0 Å². The number of rotatable bonds is 7. The van der Waals surface area contributed by atoms with Crippen molar-refractivity contribution < 1.29 is 24.2 Å². The van der Waals surface area contributed by atoms with Gasteiger partial charge in [-0.1, -0.05) is 6.92 Å². The Balaban J connectivity index is 3.01. The number of hydrogen-bond donors (Lipinski definition) is 1. The molecule has 0 aromatic heterocycles. The first-order valence-corrected chi connectivity index (χ1v) is 5.66. The molecule has 0 aliphatic rings. The fourth-order valence-electron chi connectivity index (χ4n) is 1.48. The normalized spacial score (nSPS) is 9.89. The van der Waals surface area contributed by atoms with Crippen LogP contribution in [0.15, 0.2) is 12.1 Å². The molecule has 0 atom stereocenters. The zero-order valence-corrected chi connectivity index (χ0v) is 10.4. The van der Waals surface area contributed by atoms with Crippen molar-refractivity contribution in [1.29, 1.82) is 0 Å². The first-order chi connectivity index (χ1) is 8.60. The third-order valence-corrected chi connectivity index (χ3v) is 2.32. The summed E-state index contributed by atoms with van der Waals surface area (Å²) < 4.78 is 10.6. The quantitative estimate of drug-likeness (QED) is 0.752. The number of carboxylic acid groups (broad SMARTS) is 1. The average Bonchev–Trinajstić information content (AvgIpc) is 2.35. The zero-order valence-electron chi connectivity index (χ0n) is 10.4. The highest BCUT2D eigenvalue weighted by molar-refractivity contribution is 5.81. The van der Waals surface area contributed by atoms with E-state index in [0.717, 1.165) is 6.42 Å². The molecule has 0 bridgehead atoms. The monoisotopic (exact) mass is 252 g/mol. The van der Waals surface area contributed by atoms with Gasteiger partial charge in [0.2, 0.25) is 0 Å². The highest BCUT2D eigenvalue weighted by Gasteiger charge is 2.13. The van der Waals surface area contributed by atoms with Crippen LogP contribution in [0.1, 0.15) is 29.3 Å². The lowest BCUT2D eigenvalue weighted by molar-refractivity contribution is -0.139. The van der Waals surface area contributed by atoms with Gasteiger partial charge in [0.05, 0.1) is 12.2 Å². The summed E-state index contributed by atoms with van der Waals surface area (Å²) in [4.78, 5) is 21.4. The predicted octanol–water partition coefficient (Wildman–Crippen LogP) is 2.06. The molecule has 18 heavy (non-hydrogen) atoms. The van der Waals surface area contributed by atoms with Crippen LogP contribution in [0.2, 0.25) is 0 Å². The van der Waals surface area contributed by atoms with Crippen molar-refractivity contribution in [3.05, 3.63) is 23.3 Å². The first kappa shape index (κ1) is 14.0. The summed E-state index contributed by atoms with van der Waals surface area (Å²) in [6.07, 6.45) is 1.49. The van der Waals surface area contributed by atoms with Crippen molar-refractivity contribution >= 4 is 12.3 Å². The maximum Gasteiger partial charge on any atom is 0.341 e. The van der Waals surface area contributed by atoms with Gasteiger partial charge in [-0.2, -0.15) is 0 Å². The van der Waals surface area contributed by atoms with Gasteiger partial charge in [-0.3, -0.25) is 4.79 Å². The third kappa shape index (κ3) is 3.48. The molecular formula is C13H16O5. The van der Waals surface area contributed by atoms with Crippen molar-refractivity contribution in [2.45, 2.75) is 20.3 Å². The topological polar surface area (TPSA) is 72.8 Å². The summed E-state index contributed by atoms with van der Waals surface area (Å²) in [5.41, 5.74) is 0.951. The van der Waals surface area contributed by atoms with Crippen LogP contribution in [0.3, 0.4) is 0 Å². The molecule has 0 aliphatic heterocycles. The molecule has 1 rings (SSSR count). The number of benzene rings is 1. The average molecular weight is 252 g/mol. The van der Waals surface area contributed by atoms with Crippen molar-refractivity contribution in [2.75, 3.05) is 13.2 Å². The number of carbonyl (C=O) groups is 2. The molecule has 0 radical (unpaired) electrons. The van der Waals surface area contributed by atoms with E-state index in [1.165, 1.54) is 0 Å². The predicted molar refractivity (Wildman–Crippen MR) is 65.5 cm³/mol. The Labute approximate surface area is 105 Å². The van der Waals surface area contributed by atoms with Gasteiger partial charge in [0.1, 0.15) is 11.5 Å². The lowest BCUT2D eigenvalue weighted by atomic mass is 10.1. The fraction of sp³-hybridized carbons (Fsp3) is 0.385. The Morgan fingerprint density at radius 2 is 2.11 bits per heavy atom. The highest BCUT2D eigenvalue weighted by atomic mass is 16.5. The van der Waals surface area contributed by atoms with Gasteiger partial charge in [0.15, 0.2) is 12.9 Å². The van der Waals surface area contributed by atoms with E-state index in [1.54, 1.807) is 19.1 Å². The molecule has 98 valence electrons. The van der Waals surface area contributed by atoms with E-state index in [9.17, 15) is 9.59 Å². The molecular weight excluding hydrogens is 236 g/mol. The van der Waals surface area contributed by atoms with Crippen LogP contribution < -0.4 is 9.47 Å². The molecule has 5 nitrogen and oxygen atoms in total. The minimum absolute atomic E-state index is 0.265. The van der Waals surface area contributed by atoms with E-state index in [4.69, 9.17) is 14.6 Å². The van der Waals surface area contributed by atoms with E-state index in [2.05, 4.69) is 0 Å². The largest absolute Gasteiger partial charge is 0.493 e. The van der Waals surface area contributed by atoms with Gasteiger partial charge in [-0.25, -0.2) is 4.79 Å². The van der Waals surface area contributed by atoms with Crippen LogP contribution in [0.25, 0.3) is 0 Å². The molecule has 0 heterocycles. The second-order valence-corrected chi connectivity index (χ2v) is 3.76. The molecule has 0 fully saturated rings. The first-order valence-electron chi connectivity index (χ1n) is 5.66. The van der Waals surface area contributed by atoms with Crippen molar-refractivity contribution in [2.24, 2.45) is 0 Å². The van der Waals surface area contributed by atoms with Crippen LogP contribution in [0.4, 0.5) is 0 Å². The van der Waals surface area contributed by atoms with Gasteiger partial charge >= 0.3 is 5.97 Å². The smallest absolute Gasteiger partial charge is 0.341 e. The van der Waals surface area contributed by atoms with E-state index >= 15 is 0 Å². The molecule has 5 heteroatoms. The Bertz CT molecular complexity index is 439. The van der Waals surface area contributed by atoms with E-state index < -0.39 is 12.6 Å². The molecule has 1 aromatic carbocycles. The van der Waals surface area contributed by atoms with Crippen LogP contribution in [0.5, 0.6) is 11.5 Å². The van der Waals surface area contributed by atoms with Crippen molar-refractivity contribution in [3.63, 3.8) is 0 Å². The number of hydrogen-bond acceptors (Lipinski definition) is 4. The van der Waals surface area contributed by atoms with Crippen LogP contribution in [-0.4, -0.2) is 30.6 Å². The number of aliphatic carboxylic acids is 1. The second kappa shape index (κ2) is 6.64.